The molecular formula is C20H22N4O5. The molecule has 2 aromatic carbocycles. The summed E-state index contributed by atoms with van der Waals surface area (Å²) >= 11 is 0. The van der Waals surface area contributed by atoms with Gasteiger partial charge < -0.3 is 23.9 Å². The van der Waals surface area contributed by atoms with Crippen LogP contribution in [-0.2, 0) is 0 Å². The number of methoxy groups -OCH3 is 3. The van der Waals surface area contributed by atoms with Gasteiger partial charge in [-0.15, -0.1) is 5.10 Å². The van der Waals surface area contributed by atoms with Gasteiger partial charge in [0.15, 0.2) is 11.5 Å². The van der Waals surface area contributed by atoms with Crippen molar-refractivity contribution in [1.82, 2.24) is 10.2 Å². The number of anilines is 2. The second kappa shape index (κ2) is 8.51. The Morgan fingerprint density at radius 3 is 2.24 bits per heavy atom. The van der Waals surface area contributed by atoms with Gasteiger partial charge in [-0.1, -0.05) is 22.8 Å². The Balaban J connectivity index is 1.75. The Hall–Kier alpha value is -3.75. The average molecular weight is 398 g/mol. The van der Waals surface area contributed by atoms with Gasteiger partial charge in [0.25, 0.3) is 0 Å². The number of urea groups is 1. The van der Waals surface area contributed by atoms with Gasteiger partial charge in [-0.05, 0) is 25.5 Å². The van der Waals surface area contributed by atoms with Gasteiger partial charge in [-0.25, -0.2) is 4.79 Å². The Morgan fingerprint density at radius 2 is 1.62 bits per heavy atom. The summed E-state index contributed by atoms with van der Waals surface area (Å²) in [5, 5.41) is 13.1. The van der Waals surface area contributed by atoms with Gasteiger partial charge in [0.05, 0.1) is 27.0 Å². The lowest BCUT2D eigenvalue weighted by Crippen LogP contribution is -2.19. The largest absolute Gasteiger partial charge is 0.493 e. The smallest absolute Gasteiger partial charge is 0.327 e. The van der Waals surface area contributed by atoms with Crippen LogP contribution in [0.25, 0.3) is 11.5 Å². The topological polar surface area (TPSA) is 108 Å². The number of benzene rings is 2. The van der Waals surface area contributed by atoms with E-state index in [0.29, 0.717) is 28.8 Å². The highest BCUT2D eigenvalue weighted by Crippen LogP contribution is 2.39. The van der Waals surface area contributed by atoms with Crippen LogP contribution in [0.4, 0.5) is 16.5 Å². The number of amides is 2. The molecule has 0 fully saturated rings. The van der Waals surface area contributed by atoms with Gasteiger partial charge in [0.1, 0.15) is 0 Å². The van der Waals surface area contributed by atoms with Gasteiger partial charge in [0.2, 0.25) is 11.6 Å². The molecule has 0 radical (unpaired) electrons. The number of nitrogens with zero attached hydrogens (tertiary/aromatic N) is 2. The quantitative estimate of drug-likeness (QED) is 0.645. The zero-order valence-corrected chi connectivity index (χ0v) is 16.8. The highest BCUT2D eigenvalue weighted by Gasteiger charge is 2.16. The van der Waals surface area contributed by atoms with Crippen molar-refractivity contribution < 1.29 is 23.4 Å². The molecule has 1 aromatic heterocycles. The minimum Gasteiger partial charge on any atom is -0.493 e. The number of rotatable bonds is 6. The lowest BCUT2D eigenvalue weighted by Gasteiger charge is -2.14. The third kappa shape index (κ3) is 4.40. The molecule has 0 saturated carbocycles. The van der Waals surface area contributed by atoms with E-state index in [1.54, 1.807) is 12.1 Å². The van der Waals surface area contributed by atoms with Crippen LogP contribution in [0.3, 0.4) is 0 Å². The summed E-state index contributed by atoms with van der Waals surface area (Å²) in [6.45, 7) is 3.92. The maximum absolute atomic E-state index is 12.3. The van der Waals surface area contributed by atoms with Crippen molar-refractivity contribution in [1.29, 1.82) is 0 Å². The molecule has 0 aliphatic carbocycles. The van der Waals surface area contributed by atoms with Crippen LogP contribution in [0.5, 0.6) is 17.2 Å². The van der Waals surface area contributed by atoms with Crippen LogP contribution in [0.15, 0.2) is 34.7 Å². The van der Waals surface area contributed by atoms with E-state index in [1.165, 1.54) is 21.3 Å². The third-order valence-corrected chi connectivity index (χ3v) is 4.19. The first-order valence-corrected chi connectivity index (χ1v) is 8.74. The molecule has 0 saturated heterocycles. The lowest BCUT2D eigenvalue weighted by atomic mass is 10.1. The predicted molar refractivity (Wildman–Crippen MR) is 108 cm³/mol. The number of hydrogen-bond donors (Lipinski definition) is 2. The number of aryl methyl sites for hydroxylation is 2. The standard InChI is InChI=1S/C20H22N4O5/c1-11-6-7-12(2)14(8-11)18-23-24-20(29-18)22-19(25)21-13-9-15(26-3)17(28-5)16(10-13)27-4/h6-10H,1-5H3,(H2,21,22,24,25). The SMILES string of the molecule is COc1cc(NC(=O)Nc2nnc(-c3cc(C)ccc3C)o2)cc(OC)c1OC. The van der Waals surface area contributed by atoms with E-state index in [-0.39, 0.29) is 6.01 Å². The first-order valence-electron chi connectivity index (χ1n) is 8.74. The fourth-order valence-electron chi connectivity index (χ4n) is 2.76. The molecule has 0 atom stereocenters. The predicted octanol–water partition coefficient (Wildman–Crippen LogP) is 4.02. The first-order chi connectivity index (χ1) is 13.9. The van der Waals surface area contributed by atoms with Crippen LogP contribution >= 0.6 is 0 Å². The molecule has 2 amide bonds. The first kappa shape index (κ1) is 20.0. The highest BCUT2D eigenvalue weighted by atomic mass is 16.5. The molecule has 2 N–H and O–H groups in total. The van der Waals surface area contributed by atoms with Crippen LogP contribution < -0.4 is 24.8 Å². The van der Waals surface area contributed by atoms with Crippen LogP contribution in [0, 0.1) is 13.8 Å². The summed E-state index contributed by atoms with van der Waals surface area (Å²) in [5.74, 6) is 1.58. The summed E-state index contributed by atoms with van der Waals surface area (Å²) in [4.78, 5) is 12.3. The molecule has 3 aromatic rings. The molecule has 9 nitrogen and oxygen atoms in total. The average Bonchev–Trinajstić information content (AvgIpc) is 3.16. The number of carbonyl (C=O) groups is 1. The fourth-order valence-corrected chi connectivity index (χ4v) is 2.76. The van der Waals surface area contributed by atoms with E-state index in [9.17, 15) is 4.79 Å². The van der Waals surface area contributed by atoms with E-state index in [0.717, 1.165) is 16.7 Å². The van der Waals surface area contributed by atoms with Crippen LogP contribution in [0.1, 0.15) is 11.1 Å². The number of ether oxygens (including phenoxy) is 3. The van der Waals surface area contributed by atoms with Crippen molar-refractivity contribution in [2.24, 2.45) is 0 Å². The third-order valence-electron chi connectivity index (χ3n) is 4.19. The van der Waals surface area contributed by atoms with Crippen LogP contribution in [0.2, 0.25) is 0 Å². The molecule has 0 spiro atoms. The minimum absolute atomic E-state index is 0.0224. The Bertz CT molecular complexity index is 1010. The molecule has 0 bridgehead atoms. The van der Waals surface area contributed by atoms with Crippen molar-refractivity contribution in [3.8, 4) is 28.7 Å². The monoisotopic (exact) mass is 398 g/mol. The van der Waals surface area contributed by atoms with Gasteiger partial charge in [-0.2, -0.15) is 0 Å². The lowest BCUT2D eigenvalue weighted by molar-refractivity contribution is 0.261. The molecule has 1 heterocycles. The molecule has 29 heavy (non-hydrogen) atoms. The number of carbonyl (C=O) groups excluding carboxylic acids is 1. The zero-order chi connectivity index (χ0) is 21.0. The van der Waals surface area contributed by atoms with E-state index in [1.807, 2.05) is 32.0 Å². The molecule has 152 valence electrons. The van der Waals surface area contributed by atoms with E-state index in [4.69, 9.17) is 18.6 Å². The Kier molecular flexibility index (Phi) is 5.87. The molecule has 3 rings (SSSR count). The number of nitrogens with one attached hydrogen (secondary N) is 2. The maximum Gasteiger partial charge on any atom is 0.327 e. The summed E-state index contributed by atoms with van der Waals surface area (Å²) in [7, 11) is 4.49. The zero-order valence-electron chi connectivity index (χ0n) is 16.8. The Morgan fingerprint density at radius 1 is 0.931 bits per heavy atom. The molecule has 9 heteroatoms. The number of hydrogen-bond acceptors (Lipinski definition) is 7. The van der Waals surface area contributed by atoms with Crippen molar-refractivity contribution in [3.63, 3.8) is 0 Å². The fraction of sp³-hybridized carbons (Fsp3) is 0.250. The molecule has 0 aliphatic rings. The number of aromatic nitrogens is 2. The van der Waals surface area contributed by atoms with Gasteiger partial charge in [0, 0.05) is 17.7 Å². The highest BCUT2D eigenvalue weighted by molar-refractivity contribution is 5.98. The molecule has 0 unspecified atom stereocenters. The van der Waals surface area contributed by atoms with Gasteiger partial charge in [-0.3, -0.25) is 5.32 Å². The Labute approximate surface area is 168 Å². The summed E-state index contributed by atoms with van der Waals surface area (Å²) < 4.78 is 21.4. The van der Waals surface area contributed by atoms with E-state index < -0.39 is 6.03 Å². The van der Waals surface area contributed by atoms with Gasteiger partial charge >= 0.3 is 12.0 Å². The van der Waals surface area contributed by atoms with Crippen molar-refractivity contribution >= 4 is 17.7 Å². The molecular weight excluding hydrogens is 376 g/mol. The maximum atomic E-state index is 12.3. The van der Waals surface area contributed by atoms with E-state index >= 15 is 0 Å². The normalized spacial score (nSPS) is 10.4. The van der Waals surface area contributed by atoms with Crippen molar-refractivity contribution in [2.75, 3.05) is 32.0 Å². The second-order valence-corrected chi connectivity index (χ2v) is 6.22. The van der Waals surface area contributed by atoms with E-state index in [2.05, 4.69) is 20.8 Å². The van der Waals surface area contributed by atoms with Crippen molar-refractivity contribution in [3.05, 3.63) is 41.5 Å². The minimum atomic E-state index is -0.560. The summed E-state index contributed by atoms with van der Waals surface area (Å²) in [6.07, 6.45) is 0. The van der Waals surface area contributed by atoms with Crippen LogP contribution in [-0.4, -0.2) is 37.6 Å². The summed E-state index contributed by atoms with van der Waals surface area (Å²) in [5.41, 5.74) is 3.31. The summed E-state index contributed by atoms with van der Waals surface area (Å²) in [6, 6.07) is 8.55. The van der Waals surface area contributed by atoms with Crippen molar-refractivity contribution in [2.45, 2.75) is 13.8 Å². The molecule has 0 aliphatic heterocycles. The second-order valence-electron chi connectivity index (χ2n) is 6.22.